The van der Waals surface area contributed by atoms with Crippen LogP contribution in [0.4, 0.5) is 5.82 Å². The summed E-state index contributed by atoms with van der Waals surface area (Å²) in [4.78, 5) is 29.4. The van der Waals surface area contributed by atoms with Crippen molar-refractivity contribution in [1.29, 1.82) is 0 Å². The van der Waals surface area contributed by atoms with Crippen LogP contribution in [0.1, 0.15) is 0 Å². The first-order valence-electron chi connectivity index (χ1n) is 9.01. The Morgan fingerprint density at radius 1 is 1.00 bits per heavy atom. The van der Waals surface area contributed by atoms with E-state index >= 15 is 0 Å². The van der Waals surface area contributed by atoms with Gasteiger partial charge in [-0.2, -0.15) is 5.10 Å². The summed E-state index contributed by atoms with van der Waals surface area (Å²) in [5.74, 6) is 0.761. The number of rotatable bonds is 5. The van der Waals surface area contributed by atoms with Crippen LogP contribution < -0.4 is 15.6 Å². The number of nitrogens with zero attached hydrogens (tertiary/aromatic N) is 3. The lowest BCUT2D eigenvalue weighted by atomic mass is 10.0. The van der Waals surface area contributed by atoms with E-state index in [1.807, 2.05) is 36.4 Å². The first kappa shape index (κ1) is 18.4. The number of aromatic nitrogens is 3. The Morgan fingerprint density at radius 3 is 2.41 bits per heavy atom. The van der Waals surface area contributed by atoms with Crippen LogP contribution >= 0.6 is 0 Å². The van der Waals surface area contributed by atoms with Gasteiger partial charge in [0.2, 0.25) is 5.91 Å². The van der Waals surface area contributed by atoms with Crippen LogP contribution in [0.2, 0.25) is 0 Å². The molecule has 2 aromatic heterocycles. The monoisotopic (exact) mass is 386 g/mol. The number of hydrogen-bond acceptors (Lipinski definition) is 5. The number of anilines is 1. The standard InChI is InChI=1S/C22H18N4O3/c1-29-16-11-9-15(10-12-16)21-17-6-2-3-7-18(17)22(28)26(25-21)14-20(27)24-19-8-4-5-13-23-19/h2-13H,14H2,1H3,(H,23,24,27). The van der Waals surface area contributed by atoms with Gasteiger partial charge in [0.25, 0.3) is 5.56 Å². The number of benzene rings is 2. The average molecular weight is 386 g/mol. The van der Waals surface area contributed by atoms with Crippen LogP contribution in [0.15, 0.2) is 77.7 Å². The fraction of sp³-hybridized carbons (Fsp3) is 0.0909. The van der Waals surface area contributed by atoms with Gasteiger partial charge in [-0.05, 0) is 42.5 Å². The van der Waals surface area contributed by atoms with Crippen molar-refractivity contribution in [3.05, 3.63) is 83.3 Å². The number of nitrogens with one attached hydrogen (secondary N) is 1. The number of ether oxygens (including phenoxy) is 1. The molecule has 0 radical (unpaired) electrons. The van der Waals surface area contributed by atoms with Gasteiger partial charge in [-0.1, -0.05) is 24.3 Å². The summed E-state index contributed by atoms with van der Waals surface area (Å²) in [6.45, 7) is -0.219. The van der Waals surface area contributed by atoms with Crippen LogP contribution in [0.25, 0.3) is 22.0 Å². The van der Waals surface area contributed by atoms with Crippen molar-refractivity contribution in [1.82, 2.24) is 14.8 Å². The molecule has 2 heterocycles. The van der Waals surface area contributed by atoms with Gasteiger partial charge in [0.1, 0.15) is 18.1 Å². The number of carbonyl (C=O) groups is 1. The third kappa shape index (κ3) is 3.84. The second-order valence-corrected chi connectivity index (χ2v) is 6.35. The quantitative estimate of drug-likeness (QED) is 0.570. The molecule has 2 aromatic carbocycles. The number of fused-ring (bicyclic) bond motifs is 1. The summed E-state index contributed by atoms with van der Waals surface area (Å²) < 4.78 is 6.39. The van der Waals surface area contributed by atoms with Gasteiger partial charge in [0.15, 0.2) is 0 Å². The first-order valence-corrected chi connectivity index (χ1v) is 9.01. The van der Waals surface area contributed by atoms with E-state index in [0.717, 1.165) is 16.7 Å². The highest BCUT2D eigenvalue weighted by atomic mass is 16.5. The van der Waals surface area contributed by atoms with Gasteiger partial charge in [0, 0.05) is 17.1 Å². The molecule has 0 unspecified atom stereocenters. The fourth-order valence-electron chi connectivity index (χ4n) is 3.06. The molecule has 144 valence electrons. The van der Waals surface area contributed by atoms with Crippen molar-refractivity contribution in [2.75, 3.05) is 12.4 Å². The van der Waals surface area contributed by atoms with E-state index in [4.69, 9.17) is 4.74 Å². The summed E-state index contributed by atoms with van der Waals surface area (Å²) in [6, 6.07) is 19.8. The Labute approximate surface area is 166 Å². The average Bonchev–Trinajstić information content (AvgIpc) is 2.76. The second kappa shape index (κ2) is 7.93. The zero-order valence-electron chi connectivity index (χ0n) is 15.7. The normalized spacial score (nSPS) is 10.7. The summed E-state index contributed by atoms with van der Waals surface area (Å²) in [6.07, 6.45) is 1.58. The lowest BCUT2D eigenvalue weighted by molar-refractivity contribution is -0.117. The van der Waals surface area contributed by atoms with E-state index in [-0.39, 0.29) is 18.0 Å². The van der Waals surface area contributed by atoms with Gasteiger partial charge in [-0.3, -0.25) is 9.59 Å². The van der Waals surface area contributed by atoms with Gasteiger partial charge in [0.05, 0.1) is 18.2 Å². The third-order valence-corrected chi connectivity index (χ3v) is 4.46. The van der Waals surface area contributed by atoms with Gasteiger partial charge in [-0.25, -0.2) is 9.67 Å². The first-order chi connectivity index (χ1) is 14.2. The van der Waals surface area contributed by atoms with Crippen molar-refractivity contribution in [2.45, 2.75) is 6.54 Å². The van der Waals surface area contributed by atoms with Gasteiger partial charge >= 0.3 is 0 Å². The molecule has 4 rings (SSSR count). The smallest absolute Gasteiger partial charge is 0.275 e. The molecular formula is C22H18N4O3. The number of hydrogen-bond donors (Lipinski definition) is 1. The number of amides is 1. The van der Waals surface area contributed by atoms with E-state index < -0.39 is 0 Å². The summed E-state index contributed by atoms with van der Waals surface area (Å²) in [7, 11) is 1.60. The number of methoxy groups -OCH3 is 1. The molecule has 1 amide bonds. The summed E-state index contributed by atoms with van der Waals surface area (Å²) in [5.41, 5.74) is 1.11. The molecule has 0 saturated carbocycles. The van der Waals surface area contributed by atoms with Crippen LogP contribution in [-0.2, 0) is 11.3 Å². The highest BCUT2D eigenvalue weighted by Crippen LogP contribution is 2.26. The minimum atomic E-state index is -0.380. The van der Waals surface area contributed by atoms with Crippen molar-refractivity contribution in [3.8, 4) is 17.0 Å². The van der Waals surface area contributed by atoms with Crippen molar-refractivity contribution >= 4 is 22.5 Å². The van der Waals surface area contributed by atoms with Crippen molar-refractivity contribution in [3.63, 3.8) is 0 Å². The predicted octanol–water partition coefficient (Wildman–Crippen LogP) is 3.11. The highest BCUT2D eigenvalue weighted by molar-refractivity contribution is 5.94. The highest BCUT2D eigenvalue weighted by Gasteiger charge is 2.14. The van der Waals surface area contributed by atoms with E-state index in [1.54, 1.807) is 43.6 Å². The molecule has 0 atom stereocenters. The van der Waals surface area contributed by atoms with E-state index in [0.29, 0.717) is 16.9 Å². The van der Waals surface area contributed by atoms with Gasteiger partial charge in [-0.15, -0.1) is 0 Å². The zero-order valence-corrected chi connectivity index (χ0v) is 15.7. The summed E-state index contributed by atoms with van der Waals surface area (Å²) >= 11 is 0. The van der Waals surface area contributed by atoms with Crippen LogP contribution in [0, 0.1) is 0 Å². The van der Waals surface area contributed by atoms with Crippen LogP contribution in [0.3, 0.4) is 0 Å². The maximum atomic E-state index is 12.9. The molecule has 0 fully saturated rings. The summed E-state index contributed by atoms with van der Waals surface area (Å²) in [5, 5.41) is 8.39. The van der Waals surface area contributed by atoms with Crippen molar-refractivity contribution in [2.24, 2.45) is 0 Å². The Hall–Kier alpha value is -4.00. The van der Waals surface area contributed by atoms with Crippen LogP contribution in [0.5, 0.6) is 5.75 Å². The molecular weight excluding hydrogens is 368 g/mol. The minimum Gasteiger partial charge on any atom is -0.497 e. The molecule has 0 bridgehead atoms. The zero-order chi connectivity index (χ0) is 20.2. The third-order valence-electron chi connectivity index (χ3n) is 4.46. The SMILES string of the molecule is COc1ccc(-c2nn(CC(=O)Nc3ccccn3)c(=O)c3ccccc23)cc1. The Kier molecular flexibility index (Phi) is 5.03. The Balaban J connectivity index is 1.75. The fourth-order valence-corrected chi connectivity index (χ4v) is 3.06. The molecule has 0 saturated heterocycles. The van der Waals surface area contributed by atoms with E-state index in [9.17, 15) is 9.59 Å². The molecule has 29 heavy (non-hydrogen) atoms. The second-order valence-electron chi connectivity index (χ2n) is 6.35. The van der Waals surface area contributed by atoms with Crippen LogP contribution in [-0.4, -0.2) is 27.8 Å². The molecule has 1 N–H and O–H groups in total. The van der Waals surface area contributed by atoms with Crippen molar-refractivity contribution < 1.29 is 9.53 Å². The number of pyridine rings is 1. The maximum absolute atomic E-state index is 12.9. The van der Waals surface area contributed by atoms with E-state index in [2.05, 4.69) is 15.4 Å². The lowest BCUT2D eigenvalue weighted by Crippen LogP contribution is -2.30. The molecule has 7 nitrogen and oxygen atoms in total. The minimum absolute atomic E-state index is 0.219. The molecule has 0 aliphatic heterocycles. The maximum Gasteiger partial charge on any atom is 0.275 e. The predicted molar refractivity (Wildman–Crippen MR) is 111 cm³/mol. The molecule has 4 aromatic rings. The molecule has 0 aliphatic rings. The Bertz CT molecular complexity index is 1220. The Morgan fingerprint density at radius 2 is 1.72 bits per heavy atom. The molecule has 7 heteroatoms. The number of carbonyl (C=O) groups excluding carboxylic acids is 1. The van der Waals surface area contributed by atoms with Gasteiger partial charge < -0.3 is 10.1 Å². The molecule has 0 spiro atoms. The lowest BCUT2D eigenvalue weighted by Gasteiger charge is -2.12. The van der Waals surface area contributed by atoms with E-state index in [1.165, 1.54) is 4.68 Å². The molecule has 0 aliphatic carbocycles. The topological polar surface area (TPSA) is 86.1 Å². The largest absolute Gasteiger partial charge is 0.497 e.